The van der Waals surface area contributed by atoms with Crippen LogP contribution < -0.4 is 10.5 Å². The summed E-state index contributed by atoms with van der Waals surface area (Å²) in [7, 11) is 0. The van der Waals surface area contributed by atoms with Gasteiger partial charge in [-0.05, 0) is 39.8 Å². The van der Waals surface area contributed by atoms with E-state index in [4.69, 9.17) is 22.7 Å². The molecule has 0 unspecified atom stereocenters. The number of thiocarbonyl (C=S) groups is 1. The normalized spacial score (nSPS) is 11.3. The van der Waals surface area contributed by atoms with Crippen LogP contribution in [0.25, 0.3) is 0 Å². The van der Waals surface area contributed by atoms with Crippen molar-refractivity contribution >= 4 is 17.2 Å². The minimum absolute atomic E-state index is 0.264. The monoisotopic (exact) mass is 281 g/mol. The zero-order chi connectivity index (χ0) is 14.4. The summed E-state index contributed by atoms with van der Waals surface area (Å²) in [4.78, 5) is 6.78. The molecule has 2 N–H and O–H groups in total. The lowest BCUT2D eigenvalue weighted by Crippen LogP contribution is -2.39. The maximum Gasteiger partial charge on any atom is 0.148 e. The fraction of sp³-hybridized carbons (Fsp3) is 0.571. The minimum Gasteiger partial charge on any atom is -0.490 e. The predicted molar refractivity (Wildman–Crippen MR) is 82.6 cm³/mol. The Morgan fingerprint density at radius 3 is 2.53 bits per heavy atom. The van der Waals surface area contributed by atoms with Crippen molar-refractivity contribution in [2.24, 2.45) is 5.73 Å². The van der Waals surface area contributed by atoms with Crippen molar-refractivity contribution in [1.29, 1.82) is 0 Å². The van der Waals surface area contributed by atoms with Gasteiger partial charge in [0, 0.05) is 24.8 Å². The number of nitrogens with two attached hydrogens (primary N) is 1. The molecular formula is C14H23N3OS. The molecule has 0 bridgehead atoms. The lowest BCUT2D eigenvalue weighted by Gasteiger charge is -2.30. The van der Waals surface area contributed by atoms with Crippen LogP contribution in [0.15, 0.2) is 18.3 Å². The summed E-state index contributed by atoms with van der Waals surface area (Å²) in [6, 6.07) is 4.65. The van der Waals surface area contributed by atoms with Crippen molar-refractivity contribution in [3.05, 3.63) is 24.0 Å². The van der Waals surface area contributed by atoms with Gasteiger partial charge in [0.05, 0.1) is 0 Å². The van der Waals surface area contributed by atoms with Gasteiger partial charge in [-0.15, -0.1) is 0 Å². The fourth-order valence-electron chi connectivity index (χ4n) is 2.07. The van der Waals surface area contributed by atoms with Gasteiger partial charge in [0.25, 0.3) is 0 Å². The zero-order valence-corrected chi connectivity index (χ0v) is 12.9. The second kappa shape index (κ2) is 7.40. The summed E-state index contributed by atoms with van der Waals surface area (Å²) in [6.07, 6.45) is 1.66. The number of pyridine rings is 1. The summed E-state index contributed by atoms with van der Waals surface area (Å²) < 4.78 is 5.76. The van der Waals surface area contributed by atoms with E-state index < -0.39 is 0 Å². The van der Waals surface area contributed by atoms with Gasteiger partial charge < -0.3 is 10.5 Å². The third-order valence-electron chi connectivity index (χ3n) is 2.94. The van der Waals surface area contributed by atoms with Crippen molar-refractivity contribution in [1.82, 2.24) is 9.88 Å². The van der Waals surface area contributed by atoms with Crippen LogP contribution in [0.5, 0.6) is 5.75 Å². The molecule has 4 nitrogen and oxygen atoms in total. The molecule has 1 heterocycles. The molecule has 0 aliphatic heterocycles. The van der Waals surface area contributed by atoms with Crippen molar-refractivity contribution in [2.45, 2.75) is 39.8 Å². The Labute approximate surface area is 121 Å². The van der Waals surface area contributed by atoms with Crippen LogP contribution in [-0.4, -0.2) is 40.1 Å². The van der Waals surface area contributed by atoms with Gasteiger partial charge in [-0.3, -0.25) is 4.90 Å². The van der Waals surface area contributed by atoms with Gasteiger partial charge in [0.15, 0.2) is 0 Å². The molecule has 0 aliphatic carbocycles. The SMILES string of the molecule is CC(C)N(CCOc1cccnc1C(N)=S)C(C)C. The maximum atomic E-state index is 5.76. The Balaban J connectivity index is 2.60. The van der Waals surface area contributed by atoms with Gasteiger partial charge in [0.2, 0.25) is 0 Å². The van der Waals surface area contributed by atoms with Crippen molar-refractivity contribution in [2.75, 3.05) is 13.2 Å². The van der Waals surface area contributed by atoms with Crippen molar-refractivity contribution < 1.29 is 4.74 Å². The van der Waals surface area contributed by atoms with E-state index in [1.54, 1.807) is 6.20 Å². The summed E-state index contributed by atoms with van der Waals surface area (Å²) in [5, 5.41) is 0. The molecule has 0 atom stereocenters. The van der Waals surface area contributed by atoms with Gasteiger partial charge in [0.1, 0.15) is 23.0 Å². The van der Waals surface area contributed by atoms with Crippen LogP contribution in [0.4, 0.5) is 0 Å². The quantitative estimate of drug-likeness (QED) is 0.777. The third-order valence-corrected chi connectivity index (χ3v) is 3.13. The highest BCUT2D eigenvalue weighted by Crippen LogP contribution is 2.15. The fourth-order valence-corrected chi connectivity index (χ4v) is 2.22. The number of hydrogen-bond donors (Lipinski definition) is 1. The molecule has 0 fully saturated rings. The van der Waals surface area contributed by atoms with E-state index in [9.17, 15) is 0 Å². The molecular weight excluding hydrogens is 258 g/mol. The molecule has 0 saturated carbocycles. The second-order valence-corrected chi connectivity index (χ2v) is 5.43. The molecule has 0 aromatic carbocycles. The smallest absolute Gasteiger partial charge is 0.148 e. The molecule has 0 saturated heterocycles. The predicted octanol–water partition coefficient (Wildman–Crippen LogP) is 2.21. The highest BCUT2D eigenvalue weighted by molar-refractivity contribution is 7.80. The second-order valence-electron chi connectivity index (χ2n) is 4.99. The zero-order valence-electron chi connectivity index (χ0n) is 12.1. The molecule has 19 heavy (non-hydrogen) atoms. The first-order chi connectivity index (χ1) is 8.93. The molecule has 0 amide bonds. The Morgan fingerprint density at radius 1 is 1.37 bits per heavy atom. The lowest BCUT2D eigenvalue weighted by molar-refractivity contribution is 0.141. The average Bonchev–Trinajstić information content (AvgIpc) is 2.33. The van der Waals surface area contributed by atoms with Gasteiger partial charge in [-0.25, -0.2) is 4.98 Å². The first-order valence-electron chi connectivity index (χ1n) is 6.56. The van der Waals surface area contributed by atoms with Gasteiger partial charge >= 0.3 is 0 Å². The van der Waals surface area contributed by atoms with E-state index in [-0.39, 0.29) is 4.99 Å². The molecule has 0 aliphatic rings. The molecule has 5 heteroatoms. The van der Waals surface area contributed by atoms with Crippen LogP contribution in [0.1, 0.15) is 33.4 Å². The molecule has 106 valence electrons. The highest BCUT2D eigenvalue weighted by atomic mass is 32.1. The minimum atomic E-state index is 0.264. The van der Waals surface area contributed by atoms with E-state index in [0.717, 1.165) is 6.54 Å². The topological polar surface area (TPSA) is 51.4 Å². The first-order valence-corrected chi connectivity index (χ1v) is 6.97. The number of hydrogen-bond acceptors (Lipinski definition) is 4. The van der Waals surface area contributed by atoms with Crippen LogP contribution in [-0.2, 0) is 0 Å². The maximum absolute atomic E-state index is 5.76. The molecule has 1 aromatic heterocycles. The average molecular weight is 281 g/mol. The number of ether oxygens (including phenoxy) is 1. The van der Waals surface area contributed by atoms with Crippen LogP contribution in [0.2, 0.25) is 0 Å². The lowest BCUT2D eigenvalue weighted by atomic mass is 10.2. The molecule has 1 rings (SSSR count). The summed E-state index contributed by atoms with van der Waals surface area (Å²) in [5.41, 5.74) is 6.17. The largest absolute Gasteiger partial charge is 0.490 e. The van der Waals surface area contributed by atoms with E-state index in [1.165, 1.54) is 0 Å². The van der Waals surface area contributed by atoms with Crippen LogP contribution in [0, 0.1) is 0 Å². The first kappa shape index (κ1) is 15.9. The van der Waals surface area contributed by atoms with E-state index in [1.807, 2.05) is 12.1 Å². The van der Waals surface area contributed by atoms with Gasteiger partial charge in [-0.1, -0.05) is 12.2 Å². The molecule has 1 aromatic rings. The third kappa shape index (κ3) is 4.76. The Kier molecular flexibility index (Phi) is 6.18. The van der Waals surface area contributed by atoms with Crippen LogP contribution >= 0.6 is 12.2 Å². The van der Waals surface area contributed by atoms with Crippen LogP contribution in [0.3, 0.4) is 0 Å². The number of nitrogens with zero attached hydrogens (tertiary/aromatic N) is 2. The number of aromatic nitrogens is 1. The van der Waals surface area contributed by atoms with Crippen molar-refractivity contribution in [3.63, 3.8) is 0 Å². The molecule has 0 spiro atoms. The summed E-state index contributed by atoms with van der Waals surface area (Å²) in [5.74, 6) is 0.655. The van der Waals surface area contributed by atoms with Crippen molar-refractivity contribution in [3.8, 4) is 5.75 Å². The van der Waals surface area contributed by atoms with E-state index in [2.05, 4.69) is 37.6 Å². The Morgan fingerprint density at radius 2 is 2.00 bits per heavy atom. The molecule has 0 radical (unpaired) electrons. The number of rotatable bonds is 7. The standard InChI is InChI=1S/C14H23N3OS/c1-10(2)17(11(3)4)8-9-18-12-6-5-7-16-13(12)14(15)19/h5-7,10-11H,8-9H2,1-4H3,(H2,15,19). The summed E-state index contributed by atoms with van der Waals surface area (Å²) >= 11 is 4.96. The Hall–Kier alpha value is -1.20. The summed E-state index contributed by atoms with van der Waals surface area (Å²) in [6.45, 7) is 10.2. The Bertz CT molecular complexity index is 413. The van der Waals surface area contributed by atoms with Gasteiger partial charge in [-0.2, -0.15) is 0 Å². The van der Waals surface area contributed by atoms with E-state index in [0.29, 0.717) is 30.1 Å². The highest BCUT2D eigenvalue weighted by Gasteiger charge is 2.14. The van der Waals surface area contributed by atoms with E-state index >= 15 is 0 Å².